The molecular formula is C22H29N7O2S. The Morgan fingerprint density at radius 1 is 1.12 bits per heavy atom. The van der Waals surface area contributed by atoms with E-state index in [1.54, 1.807) is 4.31 Å². The van der Waals surface area contributed by atoms with Crippen LogP contribution >= 0.6 is 0 Å². The van der Waals surface area contributed by atoms with Crippen molar-refractivity contribution in [3.63, 3.8) is 0 Å². The number of hydrogen-bond acceptors (Lipinski definition) is 7. The van der Waals surface area contributed by atoms with Gasteiger partial charge in [-0.3, -0.25) is 4.68 Å². The second-order valence-corrected chi connectivity index (χ2v) is 11.2. The largest absolute Gasteiger partial charge is 0.367 e. The molecule has 2 fully saturated rings. The normalized spacial score (nSPS) is 23.6. The third kappa shape index (κ3) is 3.93. The number of rotatable bonds is 5. The van der Waals surface area contributed by atoms with Crippen LogP contribution in [0.25, 0.3) is 10.9 Å². The molecule has 2 aliphatic rings. The van der Waals surface area contributed by atoms with Gasteiger partial charge in [0.2, 0.25) is 16.0 Å². The van der Waals surface area contributed by atoms with Gasteiger partial charge in [0.15, 0.2) is 0 Å². The number of nitrogens with one attached hydrogen (secondary N) is 2. The Morgan fingerprint density at radius 3 is 2.53 bits per heavy atom. The summed E-state index contributed by atoms with van der Waals surface area (Å²) in [6.45, 7) is 5.31. The molecule has 2 aromatic heterocycles. The fraction of sp³-hybridized carbons (Fsp3) is 0.500. The molecule has 170 valence electrons. The molecule has 3 aromatic rings. The van der Waals surface area contributed by atoms with Gasteiger partial charge < -0.3 is 10.6 Å². The van der Waals surface area contributed by atoms with Gasteiger partial charge in [-0.05, 0) is 56.7 Å². The summed E-state index contributed by atoms with van der Waals surface area (Å²) >= 11 is 0. The molecule has 10 heteroatoms. The van der Waals surface area contributed by atoms with Crippen LogP contribution in [-0.4, -0.2) is 57.9 Å². The first-order valence-electron chi connectivity index (χ1n) is 10.9. The minimum absolute atomic E-state index is 0.293. The topological polar surface area (TPSA) is 105 Å². The van der Waals surface area contributed by atoms with E-state index >= 15 is 0 Å². The van der Waals surface area contributed by atoms with Gasteiger partial charge in [-0.25, -0.2) is 17.7 Å². The SMILES string of the molecule is Cc1cnc(Nc2ccc3c(C)n(C)nc3c2)nc1NC1CC2CN(S(C)(=O)=O)CC2C1. The van der Waals surface area contributed by atoms with Gasteiger partial charge in [0, 0.05) is 54.7 Å². The summed E-state index contributed by atoms with van der Waals surface area (Å²) in [5.41, 5.74) is 3.94. The summed E-state index contributed by atoms with van der Waals surface area (Å²) in [4.78, 5) is 9.16. The smallest absolute Gasteiger partial charge is 0.229 e. The van der Waals surface area contributed by atoms with E-state index in [-0.39, 0.29) is 0 Å². The van der Waals surface area contributed by atoms with E-state index in [0.29, 0.717) is 36.9 Å². The number of fused-ring (bicyclic) bond motifs is 2. The molecule has 32 heavy (non-hydrogen) atoms. The van der Waals surface area contributed by atoms with Crippen molar-refractivity contribution in [2.75, 3.05) is 30.0 Å². The van der Waals surface area contributed by atoms with Crippen LogP contribution in [0.3, 0.4) is 0 Å². The van der Waals surface area contributed by atoms with Crippen molar-refractivity contribution in [2.45, 2.75) is 32.7 Å². The van der Waals surface area contributed by atoms with Crippen LogP contribution in [0.15, 0.2) is 24.4 Å². The Bertz CT molecular complexity index is 1270. The van der Waals surface area contributed by atoms with Crippen LogP contribution in [0.4, 0.5) is 17.5 Å². The predicted octanol–water partition coefficient (Wildman–Crippen LogP) is 2.81. The van der Waals surface area contributed by atoms with Gasteiger partial charge in [-0.15, -0.1) is 0 Å². The molecular weight excluding hydrogens is 426 g/mol. The van der Waals surface area contributed by atoms with E-state index < -0.39 is 10.0 Å². The molecule has 2 N–H and O–H groups in total. The molecule has 5 rings (SSSR count). The van der Waals surface area contributed by atoms with E-state index in [2.05, 4.69) is 33.7 Å². The van der Waals surface area contributed by atoms with Gasteiger partial charge in [0.25, 0.3) is 0 Å². The predicted molar refractivity (Wildman–Crippen MR) is 126 cm³/mol. The maximum Gasteiger partial charge on any atom is 0.229 e. The van der Waals surface area contributed by atoms with Crippen molar-refractivity contribution >= 4 is 38.4 Å². The molecule has 0 spiro atoms. The van der Waals surface area contributed by atoms with Gasteiger partial charge in [-0.1, -0.05) is 0 Å². The second kappa shape index (κ2) is 7.70. The average Bonchev–Trinajstić information content (AvgIpc) is 3.36. The van der Waals surface area contributed by atoms with Crippen LogP contribution in [0.2, 0.25) is 0 Å². The molecule has 1 aliphatic carbocycles. The van der Waals surface area contributed by atoms with Crippen molar-refractivity contribution in [1.29, 1.82) is 0 Å². The highest BCUT2D eigenvalue weighted by atomic mass is 32.2. The van der Waals surface area contributed by atoms with Gasteiger partial charge >= 0.3 is 0 Å². The van der Waals surface area contributed by atoms with Crippen LogP contribution in [0.1, 0.15) is 24.1 Å². The van der Waals surface area contributed by atoms with Crippen molar-refractivity contribution < 1.29 is 8.42 Å². The van der Waals surface area contributed by atoms with E-state index in [9.17, 15) is 8.42 Å². The lowest BCUT2D eigenvalue weighted by molar-refractivity contribution is 0.444. The minimum atomic E-state index is -3.10. The molecule has 0 bridgehead atoms. The zero-order chi connectivity index (χ0) is 22.6. The van der Waals surface area contributed by atoms with Crippen molar-refractivity contribution in [3.05, 3.63) is 35.7 Å². The molecule has 1 aromatic carbocycles. The third-order valence-electron chi connectivity index (χ3n) is 6.89. The number of aryl methyl sites for hydroxylation is 3. The number of sulfonamides is 1. The van der Waals surface area contributed by atoms with Crippen LogP contribution in [0.5, 0.6) is 0 Å². The number of hydrogen-bond donors (Lipinski definition) is 2. The third-order valence-corrected chi connectivity index (χ3v) is 8.12. The fourth-order valence-electron chi connectivity index (χ4n) is 5.03. The zero-order valence-corrected chi connectivity index (χ0v) is 19.6. The average molecular weight is 456 g/mol. The van der Waals surface area contributed by atoms with Gasteiger partial charge in [-0.2, -0.15) is 10.1 Å². The van der Waals surface area contributed by atoms with Crippen molar-refractivity contribution in [1.82, 2.24) is 24.1 Å². The van der Waals surface area contributed by atoms with Crippen LogP contribution in [-0.2, 0) is 17.1 Å². The Labute approximate surface area is 188 Å². The summed E-state index contributed by atoms with van der Waals surface area (Å²) in [6, 6.07) is 6.37. The summed E-state index contributed by atoms with van der Waals surface area (Å²) in [7, 11) is -1.16. The summed E-state index contributed by atoms with van der Waals surface area (Å²) in [5, 5.41) is 12.6. The minimum Gasteiger partial charge on any atom is -0.367 e. The second-order valence-electron chi connectivity index (χ2n) is 9.20. The first-order chi connectivity index (χ1) is 15.2. The van der Waals surface area contributed by atoms with E-state index in [1.807, 2.05) is 37.0 Å². The molecule has 9 nitrogen and oxygen atoms in total. The maximum absolute atomic E-state index is 11.8. The van der Waals surface area contributed by atoms with Crippen molar-refractivity contribution in [2.24, 2.45) is 18.9 Å². The highest BCUT2D eigenvalue weighted by Crippen LogP contribution is 2.40. The highest BCUT2D eigenvalue weighted by molar-refractivity contribution is 7.88. The molecule has 1 saturated carbocycles. The summed E-state index contributed by atoms with van der Waals surface area (Å²) in [6.07, 6.45) is 5.04. The standard InChI is InChI=1S/C22H29N7O2S/c1-13-10-23-22(25-17-5-6-19-14(2)28(3)27-20(19)9-17)26-21(13)24-18-7-15-11-29(32(4,30)31)12-16(15)8-18/h5-6,9-10,15-16,18H,7-8,11-12H2,1-4H3,(H2,23,24,25,26). The Kier molecular flexibility index (Phi) is 5.09. The molecule has 0 amide bonds. The molecule has 3 heterocycles. The van der Waals surface area contributed by atoms with Crippen molar-refractivity contribution in [3.8, 4) is 0 Å². The number of aromatic nitrogens is 4. The first kappa shape index (κ1) is 21.1. The Balaban J connectivity index is 1.28. The summed E-state index contributed by atoms with van der Waals surface area (Å²) in [5.74, 6) is 2.18. The zero-order valence-electron chi connectivity index (χ0n) is 18.8. The maximum atomic E-state index is 11.8. The lowest BCUT2D eigenvalue weighted by Crippen LogP contribution is -2.30. The molecule has 2 atom stereocenters. The van der Waals surface area contributed by atoms with E-state index in [1.165, 1.54) is 6.26 Å². The fourth-order valence-corrected chi connectivity index (χ4v) is 5.95. The van der Waals surface area contributed by atoms with E-state index in [0.717, 1.165) is 46.5 Å². The number of anilines is 3. The number of nitrogens with zero attached hydrogens (tertiary/aromatic N) is 5. The van der Waals surface area contributed by atoms with Crippen LogP contribution in [0, 0.1) is 25.7 Å². The van der Waals surface area contributed by atoms with Gasteiger partial charge in [0.1, 0.15) is 5.82 Å². The van der Waals surface area contributed by atoms with Crippen LogP contribution < -0.4 is 10.6 Å². The number of benzene rings is 1. The Hall–Kier alpha value is -2.72. The molecule has 1 aliphatic heterocycles. The monoisotopic (exact) mass is 455 g/mol. The lowest BCUT2D eigenvalue weighted by atomic mass is 10.0. The quantitative estimate of drug-likeness (QED) is 0.609. The lowest BCUT2D eigenvalue weighted by Gasteiger charge is -2.19. The summed E-state index contributed by atoms with van der Waals surface area (Å²) < 4.78 is 27.2. The highest BCUT2D eigenvalue weighted by Gasteiger charge is 2.43. The molecule has 2 unspecified atom stereocenters. The molecule has 0 radical (unpaired) electrons. The Morgan fingerprint density at radius 2 is 1.84 bits per heavy atom. The first-order valence-corrected chi connectivity index (χ1v) is 12.8. The van der Waals surface area contributed by atoms with Gasteiger partial charge in [0.05, 0.1) is 11.8 Å². The molecule has 1 saturated heterocycles. The van der Waals surface area contributed by atoms with E-state index in [4.69, 9.17) is 4.98 Å².